The molecule has 4 nitrogen and oxygen atoms in total. The number of nitriles is 1. The number of rotatable bonds is 2. The van der Waals surface area contributed by atoms with Gasteiger partial charge in [0.1, 0.15) is 6.07 Å². The molecule has 7 heteroatoms. The summed E-state index contributed by atoms with van der Waals surface area (Å²) in [6.07, 6.45) is -4.10. The quantitative estimate of drug-likeness (QED) is 0.912. The molecule has 21 heavy (non-hydrogen) atoms. The molecule has 1 fully saturated rings. The molecule has 0 radical (unpaired) electrons. The molecular weight excluding hydrogens is 285 g/mol. The fourth-order valence-electron chi connectivity index (χ4n) is 2.66. The normalized spacial score (nSPS) is 22.1. The van der Waals surface area contributed by atoms with E-state index in [1.165, 1.54) is 6.07 Å². The van der Waals surface area contributed by atoms with Crippen LogP contribution in [0.3, 0.4) is 0 Å². The first-order valence-electron chi connectivity index (χ1n) is 6.36. The Labute approximate surface area is 119 Å². The summed E-state index contributed by atoms with van der Waals surface area (Å²) < 4.78 is 38.0. The lowest BCUT2D eigenvalue weighted by Crippen LogP contribution is -2.33. The van der Waals surface area contributed by atoms with E-state index in [0.717, 1.165) is 12.1 Å². The van der Waals surface area contributed by atoms with Crippen LogP contribution in [0.1, 0.15) is 24.5 Å². The maximum Gasteiger partial charge on any atom is 0.416 e. The molecule has 112 valence electrons. The highest BCUT2D eigenvalue weighted by atomic mass is 19.4. The molecule has 0 spiro atoms. The average molecular weight is 298 g/mol. The van der Waals surface area contributed by atoms with Crippen LogP contribution in [-0.2, 0) is 11.0 Å². The number of benzene rings is 1. The zero-order valence-corrected chi connectivity index (χ0v) is 11.2. The number of alkyl halides is 3. The number of carboxylic acids is 1. The number of hydrogen-bond acceptors (Lipinski definition) is 3. The van der Waals surface area contributed by atoms with E-state index in [1.54, 1.807) is 17.9 Å². The SMILES string of the molecule is CC1C(C(=O)O)CCN1c1ccc(C(F)(F)F)cc1C#N. The molecule has 2 atom stereocenters. The molecule has 2 rings (SSSR count). The second kappa shape index (κ2) is 5.28. The van der Waals surface area contributed by atoms with Crippen molar-refractivity contribution in [2.45, 2.75) is 25.6 Å². The van der Waals surface area contributed by atoms with Gasteiger partial charge < -0.3 is 10.0 Å². The van der Waals surface area contributed by atoms with Gasteiger partial charge in [0, 0.05) is 12.6 Å². The molecule has 0 aliphatic carbocycles. The van der Waals surface area contributed by atoms with Crippen LogP contribution < -0.4 is 4.90 Å². The highest BCUT2D eigenvalue weighted by Gasteiger charge is 2.37. The molecule has 1 saturated heterocycles. The van der Waals surface area contributed by atoms with Crippen molar-refractivity contribution in [2.24, 2.45) is 5.92 Å². The topological polar surface area (TPSA) is 64.3 Å². The fraction of sp³-hybridized carbons (Fsp3) is 0.429. The van der Waals surface area contributed by atoms with Crippen LogP contribution in [-0.4, -0.2) is 23.7 Å². The Kier molecular flexibility index (Phi) is 3.81. The first kappa shape index (κ1) is 15.2. The predicted octanol–water partition coefficient (Wildman–Crippen LogP) is 2.88. The maximum atomic E-state index is 12.7. The molecule has 2 unspecified atom stereocenters. The molecule has 1 heterocycles. The zero-order valence-electron chi connectivity index (χ0n) is 11.2. The van der Waals surface area contributed by atoms with Crippen LogP contribution in [0.2, 0.25) is 0 Å². The Hall–Kier alpha value is -2.23. The minimum Gasteiger partial charge on any atom is -0.481 e. The van der Waals surface area contributed by atoms with Crippen molar-refractivity contribution in [3.8, 4) is 6.07 Å². The first-order valence-corrected chi connectivity index (χ1v) is 6.36. The highest BCUT2D eigenvalue weighted by molar-refractivity contribution is 5.74. The number of nitrogens with zero attached hydrogens (tertiary/aromatic N) is 2. The Bertz CT molecular complexity index is 607. The third-order valence-electron chi connectivity index (χ3n) is 3.83. The average Bonchev–Trinajstić information content (AvgIpc) is 2.78. The molecule has 1 aromatic carbocycles. The minimum atomic E-state index is -4.51. The van der Waals surface area contributed by atoms with E-state index in [4.69, 9.17) is 10.4 Å². The van der Waals surface area contributed by atoms with Crippen LogP contribution in [0.15, 0.2) is 18.2 Å². The van der Waals surface area contributed by atoms with Gasteiger partial charge in [0.25, 0.3) is 0 Å². The number of carboxylic acid groups (broad SMARTS) is 1. The molecule has 1 N–H and O–H groups in total. The smallest absolute Gasteiger partial charge is 0.416 e. The summed E-state index contributed by atoms with van der Waals surface area (Å²) in [5.74, 6) is -1.52. The van der Waals surface area contributed by atoms with Crippen LogP contribution in [0.5, 0.6) is 0 Å². The molecular formula is C14H13F3N2O2. The summed E-state index contributed by atoms with van der Waals surface area (Å²) in [6.45, 7) is 2.10. The maximum absolute atomic E-state index is 12.7. The van der Waals surface area contributed by atoms with Gasteiger partial charge in [-0.2, -0.15) is 18.4 Å². The Morgan fingerprint density at radius 1 is 1.48 bits per heavy atom. The number of anilines is 1. The van der Waals surface area contributed by atoms with Crippen LogP contribution in [0, 0.1) is 17.2 Å². The second-order valence-corrected chi connectivity index (χ2v) is 5.01. The van der Waals surface area contributed by atoms with E-state index in [0.29, 0.717) is 18.7 Å². The lowest BCUT2D eigenvalue weighted by Gasteiger charge is -2.26. The van der Waals surface area contributed by atoms with Gasteiger partial charge in [-0.25, -0.2) is 0 Å². The first-order chi connectivity index (χ1) is 9.75. The number of hydrogen-bond donors (Lipinski definition) is 1. The number of carbonyl (C=O) groups is 1. The monoisotopic (exact) mass is 298 g/mol. The van der Waals surface area contributed by atoms with Crippen molar-refractivity contribution in [3.63, 3.8) is 0 Å². The van der Waals surface area contributed by atoms with Crippen molar-refractivity contribution >= 4 is 11.7 Å². The predicted molar refractivity (Wildman–Crippen MR) is 68.7 cm³/mol. The van der Waals surface area contributed by atoms with Crippen LogP contribution in [0.4, 0.5) is 18.9 Å². The number of aliphatic carboxylic acids is 1. The standard InChI is InChI=1S/C14H13F3N2O2/c1-8-11(13(20)21)4-5-19(8)12-3-2-10(14(15,16)17)6-9(12)7-18/h2-3,6,8,11H,4-5H2,1H3,(H,20,21). The third-order valence-corrected chi connectivity index (χ3v) is 3.83. The Morgan fingerprint density at radius 3 is 2.62 bits per heavy atom. The van der Waals surface area contributed by atoms with Gasteiger partial charge in [0.05, 0.1) is 22.7 Å². The molecule has 0 aromatic heterocycles. The van der Waals surface area contributed by atoms with E-state index < -0.39 is 23.6 Å². The van der Waals surface area contributed by atoms with Crippen molar-refractivity contribution in [3.05, 3.63) is 29.3 Å². The summed E-state index contributed by atoms with van der Waals surface area (Å²) in [4.78, 5) is 12.8. The number of halogens is 3. The van der Waals surface area contributed by atoms with Crippen molar-refractivity contribution in [2.75, 3.05) is 11.4 Å². The summed E-state index contributed by atoms with van der Waals surface area (Å²) >= 11 is 0. The summed E-state index contributed by atoms with van der Waals surface area (Å²) in [6, 6.07) is 4.34. The summed E-state index contributed by atoms with van der Waals surface area (Å²) in [5.41, 5.74) is -0.631. The minimum absolute atomic E-state index is 0.0947. The zero-order chi connectivity index (χ0) is 15.8. The van der Waals surface area contributed by atoms with E-state index in [1.807, 2.05) is 0 Å². The Morgan fingerprint density at radius 2 is 2.14 bits per heavy atom. The van der Waals surface area contributed by atoms with Crippen molar-refractivity contribution in [1.29, 1.82) is 5.26 Å². The van der Waals surface area contributed by atoms with Gasteiger partial charge >= 0.3 is 12.1 Å². The Balaban J connectivity index is 2.38. The van der Waals surface area contributed by atoms with E-state index >= 15 is 0 Å². The fourth-order valence-corrected chi connectivity index (χ4v) is 2.66. The molecule has 1 aliphatic heterocycles. The lowest BCUT2D eigenvalue weighted by molar-refractivity contribution is -0.141. The van der Waals surface area contributed by atoms with Gasteiger partial charge in [-0.3, -0.25) is 4.79 Å². The second-order valence-electron chi connectivity index (χ2n) is 5.01. The van der Waals surface area contributed by atoms with Crippen molar-refractivity contribution in [1.82, 2.24) is 0 Å². The van der Waals surface area contributed by atoms with E-state index in [9.17, 15) is 18.0 Å². The van der Waals surface area contributed by atoms with Gasteiger partial charge in [-0.05, 0) is 31.5 Å². The van der Waals surface area contributed by atoms with E-state index in [-0.39, 0.29) is 11.6 Å². The van der Waals surface area contributed by atoms with Gasteiger partial charge in [0.2, 0.25) is 0 Å². The lowest BCUT2D eigenvalue weighted by atomic mass is 10.0. The third kappa shape index (κ3) is 2.79. The van der Waals surface area contributed by atoms with E-state index in [2.05, 4.69) is 0 Å². The van der Waals surface area contributed by atoms with Gasteiger partial charge in [-0.1, -0.05) is 0 Å². The largest absolute Gasteiger partial charge is 0.481 e. The van der Waals surface area contributed by atoms with Crippen LogP contribution >= 0.6 is 0 Å². The van der Waals surface area contributed by atoms with Crippen molar-refractivity contribution < 1.29 is 23.1 Å². The molecule has 1 aliphatic rings. The van der Waals surface area contributed by atoms with Crippen LogP contribution in [0.25, 0.3) is 0 Å². The molecule has 0 bridgehead atoms. The summed E-state index contributed by atoms with van der Waals surface area (Å²) in [7, 11) is 0. The molecule has 0 saturated carbocycles. The molecule has 0 amide bonds. The summed E-state index contributed by atoms with van der Waals surface area (Å²) in [5, 5.41) is 18.2. The highest BCUT2D eigenvalue weighted by Crippen LogP contribution is 2.36. The van der Waals surface area contributed by atoms with Gasteiger partial charge in [-0.15, -0.1) is 0 Å². The molecule has 1 aromatic rings. The van der Waals surface area contributed by atoms with Gasteiger partial charge in [0.15, 0.2) is 0 Å².